The van der Waals surface area contributed by atoms with Gasteiger partial charge in [0.25, 0.3) is 0 Å². The number of piperidine rings is 1. The second-order valence-electron chi connectivity index (χ2n) is 6.78. The van der Waals surface area contributed by atoms with Crippen molar-refractivity contribution in [2.24, 2.45) is 5.92 Å². The highest BCUT2D eigenvalue weighted by molar-refractivity contribution is 5.79. The minimum atomic E-state index is -4.80. The Hall–Kier alpha value is -2.66. The van der Waals surface area contributed by atoms with Crippen molar-refractivity contribution >= 4 is 12.0 Å². The first kappa shape index (κ1) is 23.6. The fourth-order valence-electron chi connectivity index (χ4n) is 2.93. The van der Waals surface area contributed by atoms with E-state index < -0.39 is 37.2 Å². The molecule has 1 aromatic carbocycles. The predicted octanol–water partition coefficient (Wildman–Crippen LogP) is 4.17. The van der Waals surface area contributed by atoms with Crippen molar-refractivity contribution < 1.29 is 45.4 Å². The highest BCUT2D eigenvalue weighted by atomic mass is 19.4. The lowest BCUT2D eigenvalue weighted by atomic mass is 9.95. The van der Waals surface area contributed by atoms with Crippen LogP contribution in [-0.2, 0) is 9.53 Å². The van der Waals surface area contributed by atoms with Crippen LogP contribution in [0.5, 0.6) is 5.75 Å². The monoisotopic (exact) mass is 442 g/mol. The number of ether oxygens (including phenoxy) is 2. The van der Waals surface area contributed by atoms with Crippen LogP contribution in [0.25, 0.3) is 0 Å². The molecule has 1 fully saturated rings. The number of carbonyl (C=O) groups is 2. The molecule has 168 valence electrons. The molecule has 30 heavy (non-hydrogen) atoms. The van der Waals surface area contributed by atoms with Crippen LogP contribution in [0.1, 0.15) is 31.4 Å². The van der Waals surface area contributed by atoms with Crippen LogP contribution in [0.2, 0.25) is 0 Å². The average molecular weight is 442 g/mol. The molecule has 1 atom stereocenters. The number of nitrogens with zero attached hydrogens (tertiary/aromatic N) is 1. The van der Waals surface area contributed by atoms with Crippen LogP contribution in [-0.4, -0.2) is 49.1 Å². The molecule has 0 aliphatic carbocycles. The van der Waals surface area contributed by atoms with Crippen molar-refractivity contribution in [3.05, 3.63) is 29.8 Å². The summed E-state index contributed by atoms with van der Waals surface area (Å²) >= 11 is 0. The summed E-state index contributed by atoms with van der Waals surface area (Å²) in [5, 5.41) is 2.74. The molecule has 0 bridgehead atoms. The fraction of sp³-hybridized carbons (Fsp3) is 0.556. The Kier molecular flexibility index (Phi) is 7.43. The number of alkyl halides is 6. The van der Waals surface area contributed by atoms with Gasteiger partial charge in [-0.1, -0.05) is 12.1 Å². The van der Waals surface area contributed by atoms with Gasteiger partial charge in [-0.25, -0.2) is 4.79 Å². The summed E-state index contributed by atoms with van der Waals surface area (Å²) in [6, 6.07) is 4.57. The van der Waals surface area contributed by atoms with Gasteiger partial charge in [-0.15, -0.1) is 13.2 Å². The van der Waals surface area contributed by atoms with Crippen LogP contribution >= 0.6 is 0 Å². The summed E-state index contributed by atoms with van der Waals surface area (Å²) in [5.74, 6) is -1.15. The van der Waals surface area contributed by atoms with E-state index in [1.54, 1.807) is 6.92 Å². The van der Waals surface area contributed by atoms with E-state index in [0.717, 1.165) is 17.0 Å². The number of likely N-dealkylation sites (tertiary alicyclic amines) is 1. The smallest absolute Gasteiger partial charge is 0.440 e. The molecule has 12 heteroatoms. The molecule has 6 nitrogen and oxygen atoms in total. The van der Waals surface area contributed by atoms with Crippen LogP contribution in [0, 0.1) is 5.92 Å². The third kappa shape index (κ3) is 7.64. The van der Waals surface area contributed by atoms with Crippen LogP contribution in [0.3, 0.4) is 0 Å². The first-order valence-corrected chi connectivity index (χ1v) is 8.98. The molecular weight excluding hydrogens is 422 g/mol. The topological polar surface area (TPSA) is 67.9 Å². The largest absolute Gasteiger partial charge is 0.573 e. The molecule has 0 aromatic heterocycles. The summed E-state index contributed by atoms with van der Waals surface area (Å²) < 4.78 is 80.8. The molecule has 1 heterocycles. The van der Waals surface area contributed by atoms with Gasteiger partial charge in [-0.3, -0.25) is 4.79 Å². The second kappa shape index (κ2) is 9.43. The van der Waals surface area contributed by atoms with Crippen molar-refractivity contribution in [2.75, 3.05) is 19.7 Å². The van der Waals surface area contributed by atoms with Crippen LogP contribution in [0.15, 0.2) is 24.3 Å². The first-order chi connectivity index (χ1) is 13.8. The summed E-state index contributed by atoms with van der Waals surface area (Å²) in [5.41, 5.74) is 0.561. The van der Waals surface area contributed by atoms with E-state index in [1.807, 2.05) is 0 Å². The summed E-state index contributed by atoms with van der Waals surface area (Å²) in [6.45, 7) is 0.136. The Morgan fingerprint density at radius 2 is 1.67 bits per heavy atom. The van der Waals surface area contributed by atoms with Crippen molar-refractivity contribution in [1.82, 2.24) is 10.2 Å². The van der Waals surface area contributed by atoms with Crippen LogP contribution in [0.4, 0.5) is 31.1 Å². The minimum absolute atomic E-state index is 0.0760. The molecule has 1 aromatic rings. The number of hydrogen-bond acceptors (Lipinski definition) is 4. The number of rotatable bonds is 5. The van der Waals surface area contributed by atoms with Crippen molar-refractivity contribution in [3.63, 3.8) is 0 Å². The maximum Gasteiger partial charge on any atom is 0.573 e. The zero-order valence-electron chi connectivity index (χ0n) is 15.8. The standard InChI is InChI=1S/C18H20F6N2O4/c1-11(12-2-4-14(5-3-12)30-18(22,23)24)25-15(27)13-6-8-26(9-7-13)16(28)29-10-17(19,20)21/h2-5,11,13H,6-10H2,1H3,(H,25,27). The summed E-state index contributed by atoms with van der Waals surface area (Å²) in [4.78, 5) is 25.1. The zero-order valence-corrected chi connectivity index (χ0v) is 15.8. The number of halogens is 6. The average Bonchev–Trinajstić information content (AvgIpc) is 2.65. The molecule has 2 rings (SSSR count). The second-order valence-corrected chi connectivity index (χ2v) is 6.78. The van der Waals surface area contributed by atoms with Gasteiger partial charge >= 0.3 is 18.6 Å². The van der Waals surface area contributed by atoms with Gasteiger partial charge in [0.15, 0.2) is 6.61 Å². The lowest BCUT2D eigenvalue weighted by Crippen LogP contribution is -2.44. The highest BCUT2D eigenvalue weighted by Gasteiger charge is 2.33. The van der Waals surface area contributed by atoms with Gasteiger partial charge in [0.05, 0.1) is 6.04 Å². The van der Waals surface area contributed by atoms with Gasteiger partial charge < -0.3 is 19.7 Å². The Labute approximate surface area is 168 Å². The fourth-order valence-corrected chi connectivity index (χ4v) is 2.93. The molecule has 0 saturated carbocycles. The maximum atomic E-state index is 12.4. The SMILES string of the molecule is CC(NC(=O)C1CCN(C(=O)OCC(F)(F)F)CC1)c1ccc(OC(F)(F)F)cc1. The van der Waals surface area contributed by atoms with Crippen molar-refractivity contribution in [1.29, 1.82) is 0 Å². The number of carbonyl (C=O) groups excluding carboxylic acids is 2. The molecule has 1 aliphatic rings. The van der Waals surface area contributed by atoms with Crippen molar-refractivity contribution in [2.45, 2.75) is 38.3 Å². The molecule has 0 spiro atoms. The van der Waals surface area contributed by atoms with Crippen molar-refractivity contribution in [3.8, 4) is 5.75 Å². The van der Waals surface area contributed by atoms with Crippen LogP contribution < -0.4 is 10.1 Å². The lowest BCUT2D eigenvalue weighted by molar-refractivity contribution is -0.274. The highest BCUT2D eigenvalue weighted by Crippen LogP contribution is 2.25. The van der Waals surface area contributed by atoms with Gasteiger partial charge in [-0.05, 0) is 37.5 Å². The summed E-state index contributed by atoms with van der Waals surface area (Å²) in [6.07, 6.45) is -9.99. The Morgan fingerprint density at radius 3 is 2.17 bits per heavy atom. The third-order valence-corrected chi connectivity index (χ3v) is 4.46. The molecule has 0 radical (unpaired) electrons. The molecule has 1 N–H and O–H groups in total. The Bertz CT molecular complexity index is 728. The van der Waals surface area contributed by atoms with E-state index in [9.17, 15) is 35.9 Å². The lowest BCUT2D eigenvalue weighted by Gasteiger charge is -2.31. The normalized spacial score (nSPS) is 16.7. The van der Waals surface area contributed by atoms with E-state index in [-0.39, 0.29) is 37.6 Å². The number of benzene rings is 1. The quantitative estimate of drug-likeness (QED) is 0.695. The van der Waals surface area contributed by atoms with Gasteiger partial charge in [0.2, 0.25) is 5.91 Å². The predicted molar refractivity (Wildman–Crippen MR) is 91.4 cm³/mol. The third-order valence-electron chi connectivity index (χ3n) is 4.46. The minimum Gasteiger partial charge on any atom is -0.440 e. The van der Waals surface area contributed by atoms with E-state index in [4.69, 9.17) is 0 Å². The number of nitrogens with one attached hydrogen (secondary N) is 1. The van der Waals surface area contributed by atoms with Gasteiger partial charge in [0.1, 0.15) is 5.75 Å². The van der Waals surface area contributed by atoms with Gasteiger partial charge in [-0.2, -0.15) is 13.2 Å². The molecular formula is C18H20F6N2O4. The molecule has 2 amide bonds. The van der Waals surface area contributed by atoms with E-state index in [0.29, 0.717) is 5.56 Å². The Morgan fingerprint density at radius 1 is 1.10 bits per heavy atom. The number of hydrogen-bond donors (Lipinski definition) is 1. The van der Waals surface area contributed by atoms with Gasteiger partial charge in [0, 0.05) is 19.0 Å². The molecule has 1 aliphatic heterocycles. The van der Waals surface area contributed by atoms with E-state index >= 15 is 0 Å². The molecule has 1 unspecified atom stereocenters. The number of amides is 2. The Balaban J connectivity index is 1.81. The zero-order chi connectivity index (χ0) is 22.5. The summed E-state index contributed by atoms with van der Waals surface area (Å²) in [7, 11) is 0. The maximum absolute atomic E-state index is 12.4. The molecule has 1 saturated heterocycles. The van der Waals surface area contributed by atoms with E-state index in [2.05, 4.69) is 14.8 Å². The van der Waals surface area contributed by atoms with E-state index in [1.165, 1.54) is 12.1 Å². The first-order valence-electron chi connectivity index (χ1n) is 8.98.